The van der Waals surface area contributed by atoms with Gasteiger partial charge in [-0.1, -0.05) is 48.4 Å². The number of anilines is 1. The highest BCUT2D eigenvalue weighted by Crippen LogP contribution is 2.23. The zero-order valence-corrected chi connectivity index (χ0v) is 21.5. The summed E-state index contributed by atoms with van der Waals surface area (Å²) in [5.74, 6) is -1.86. The van der Waals surface area contributed by atoms with Crippen LogP contribution in [0.5, 0.6) is 0 Å². The van der Waals surface area contributed by atoms with Crippen LogP contribution in [0.3, 0.4) is 0 Å². The van der Waals surface area contributed by atoms with Gasteiger partial charge >= 0.3 is 12.1 Å². The lowest BCUT2D eigenvalue weighted by atomic mass is 10.1. The zero-order chi connectivity index (χ0) is 27.7. The van der Waals surface area contributed by atoms with Gasteiger partial charge in [0.15, 0.2) is 0 Å². The molecule has 2 aromatic carbocycles. The van der Waals surface area contributed by atoms with E-state index in [9.17, 15) is 23.2 Å². The fraction of sp³-hybridized carbons (Fsp3) is 0.333. The first-order chi connectivity index (χ1) is 18.2. The number of hydrogen-bond donors (Lipinski definition) is 1. The van der Waals surface area contributed by atoms with Crippen LogP contribution < -0.4 is 5.32 Å². The largest absolute Gasteiger partial charge is 0.469 e. The molecule has 1 N–H and O–H groups in total. The lowest BCUT2D eigenvalue weighted by molar-refractivity contribution is -0.142. The molecule has 1 heterocycles. The van der Waals surface area contributed by atoms with Gasteiger partial charge < -0.3 is 18.9 Å². The van der Waals surface area contributed by atoms with E-state index in [-0.39, 0.29) is 56.5 Å². The van der Waals surface area contributed by atoms with Crippen molar-refractivity contribution in [3.05, 3.63) is 70.8 Å². The van der Waals surface area contributed by atoms with Gasteiger partial charge in [-0.2, -0.15) is 0 Å². The van der Waals surface area contributed by atoms with Crippen molar-refractivity contribution in [2.24, 2.45) is 0 Å². The summed E-state index contributed by atoms with van der Waals surface area (Å²) in [7, 11) is 2.76. The average molecular weight is 566 g/mol. The average Bonchev–Trinajstić information content (AvgIpc) is 3.37. The van der Waals surface area contributed by atoms with Gasteiger partial charge in [0.05, 0.1) is 18.2 Å². The minimum Gasteiger partial charge on any atom is -0.469 e. The summed E-state index contributed by atoms with van der Waals surface area (Å²) in [5, 5.41) is 6.13. The van der Waals surface area contributed by atoms with Crippen molar-refractivity contribution in [3.63, 3.8) is 0 Å². The van der Waals surface area contributed by atoms with Crippen LogP contribution in [0.15, 0.2) is 53.1 Å². The minimum absolute atomic E-state index is 0. The summed E-state index contributed by atoms with van der Waals surface area (Å²) in [4.78, 5) is 38.2. The summed E-state index contributed by atoms with van der Waals surface area (Å²) >= 11 is 5.97. The van der Waals surface area contributed by atoms with Crippen molar-refractivity contribution < 1.29 is 37.2 Å². The first kappa shape index (κ1) is 31.2. The number of carbonyl (C=O) groups excluding carboxylic acids is 3. The van der Waals surface area contributed by atoms with E-state index in [1.807, 2.05) is 0 Å². The van der Waals surface area contributed by atoms with E-state index < -0.39 is 29.7 Å². The highest BCUT2D eigenvalue weighted by molar-refractivity contribution is 6.31. The predicted octanol–water partition coefficient (Wildman–Crippen LogP) is 5.87. The van der Waals surface area contributed by atoms with E-state index in [0.29, 0.717) is 16.8 Å². The number of ether oxygens (including phenoxy) is 2. The third-order valence-electron chi connectivity index (χ3n) is 5.75. The SMILES string of the molecule is C.COC(=O)CC[C@@H](COC(=O)Nc1cc(-c2cccc(F)c2)no1)N(C)C(=O)CCc1cccc(F)c1Cl. The fourth-order valence-electron chi connectivity index (χ4n) is 3.56. The van der Waals surface area contributed by atoms with Gasteiger partial charge in [-0.05, 0) is 36.6 Å². The molecule has 9 nitrogen and oxygen atoms in total. The maximum absolute atomic E-state index is 13.7. The molecule has 12 heteroatoms. The number of hydrogen-bond acceptors (Lipinski definition) is 7. The van der Waals surface area contributed by atoms with Crippen LogP contribution in [0.1, 0.15) is 32.3 Å². The molecule has 1 aromatic heterocycles. The summed E-state index contributed by atoms with van der Waals surface area (Å²) in [6, 6.07) is 10.8. The highest BCUT2D eigenvalue weighted by atomic mass is 35.5. The second-order valence-electron chi connectivity index (χ2n) is 8.30. The van der Waals surface area contributed by atoms with E-state index >= 15 is 0 Å². The van der Waals surface area contributed by atoms with Crippen LogP contribution in [0, 0.1) is 11.6 Å². The second kappa shape index (κ2) is 14.8. The molecular formula is C27H30ClF2N3O6. The lowest BCUT2D eigenvalue weighted by Gasteiger charge is -2.28. The fourth-order valence-corrected chi connectivity index (χ4v) is 3.79. The van der Waals surface area contributed by atoms with E-state index in [2.05, 4.69) is 15.2 Å². The van der Waals surface area contributed by atoms with Gasteiger partial charge in [0, 0.05) is 31.5 Å². The number of methoxy groups -OCH3 is 1. The van der Waals surface area contributed by atoms with Crippen molar-refractivity contribution in [1.82, 2.24) is 10.1 Å². The number of nitrogens with zero attached hydrogens (tertiary/aromatic N) is 2. The van der Waals surface area contributed by atoms with Crippen molar-refractivity contribution >= 4 is 35.5 Å². The number of esters is 1. The Bertz CT molecular complexity index is 1290. The number of carbonyl (C=O) groups is 3. The molecule has 0 saturated heterocycles. The van der Waals surface area contributed by atoms with Crippen LogP contribution >= 0.6 is 11.6 Å². The number of aryl methyl sites for hydroxylation is 1. The zero-order valence-electron chi connectivity index (χ0n) is 20.7. The first-order valence-electron chi connectivity index (χ1n) is 11.6. The smallest absolute Gasteiger partial charge is 0.414 e. The Balaban J connectivity index is 0.00000533. The van der Waals surface area contributed by atoms with Crippen LogP contribution in [-0.2, 0) is 25.5 Å². The molecule has 0 radical (unpaired) electrons. The molecule has 0 bridgehead atoms. The topological polar surface area (TPSA) is 111 Å². The molecule has 0 saturated carbocycles. The third-order valence-corrected chi connectivity index (χ3v) is 6.18. The summed E-state index contributed by atoms with van der Waals surface area (Å²) in [6.45, 7) is -0.239. The molecule has 0 unspecified atom stereocenters. The Morgan fingerprint density at radius 2 is 1.87 bits per heavy atom. The molecule has 210 valence electrons. The molecule has 2 amide bonds. The maximum Gasteiger partial charge on any atom is 0.414 e. The molecular weight excluding hydrogens is 536 g/mol. The van der Waals surface area contributed by atoms with Gasteiger partial charge in [-0.25, -0.2) is 13.6 Å². The monoisotopic (exact) mass is 565 g/mol. The summed E-state index contributed by atoms with van der Waals surface area (Å²) in [5.41, 5.74) is 1.25. The van der Waals surface area contributed by atoms with E-state index in [1.165, 1.54) is 55.5 Å². The van der Waals surface area contributed by atoms with E-state index in [1.54, 1.807) is 12.1 Å². The standard InChI is InChI=1S/C26H26ClF2N3O6.CH4/c1-32(23(33)11-9-16-5-4-8-20(29)25(16)27)19(10-12-24(34)36-2)15-37-26(35)30-22-14-21(31-38-22)17-6-3-7-18(28)13-17;/h3-8,13-14,19H,9-12,15H2,1-2H3,(H,30,35);1H4/t19-;/m0./s1. The van der Waals surface area contributed by atoms with Crippen molar-refractivity contribution in [1.29, 1.82) is 0 Å². The molecule has 1 atom stereocenters. The molecule has 0 spiro atoms. The Hall–Kier alpha value is -3.99. The molecule has 3 aromatic rings. The van der Waals surface area contributed by atoms with Crippen LogP contribution in [-0.4, -0.2) is 54.8 Å². The van der Waals surface area contributed by atoms with Gasteiger partial charge in [0.25, 0.3) is 0 Å². The molecule has 0 aliphatic heterocycles. The number of benzene rings is 2. The number of halogens is 3. The summed E-state index contributed by atoms with van der Waals surface area (Å²) in [6.07, 6.45) is -0.527. The highest BCUT2D eigenvalue weighted by Gasteiger charge is 2.23. The van der Waals surface area contributed by atoms with Crippen LogP contribution in [0.25, 0.3) is 11.3 Å². The molecule has 3 rings (SSSR count). The Kier molecular flexibility index (Phi) is 11.9. The number of aromatic nitrogens is 1. The van der Waals surface area contributed by atoms with Gasteiger partial charge in [-0.15, -0.1) is 0 Å². The second-order valence-corrected chi connectivity index (χ2v) is 8.67. The minimum atomic E-state index is -0.887. The molecule has 0 aliphatic carbocycles. The molecule has 0 aliphatic rings. The van der Waals surface area contributed by atoms with Gasteiger partial charge in [-0.3, -0.25) is 14.9 Å². The van der Waals surface area contributed by atoms with E-state index in [0.717, 1.165) is 0 Å². The van der Waals surface area contributed by atoms with Crippen molar-refractivity contribution in [2.75, 3.05) is 26.1 Å². The number of rotatable bonds is 11. The normalized spacial score (nSPS) is 11.2. The van der Waals surface area contributed by atoms with E-state index in [4.69, 9.17) is 20.9 Å². The third kappa shape index (κ3) is 9.06. The van der Waals surface area contributed by atoms with Gasteiger partial charge in [0.1, 0.15) is 23.9 Å². The number of amides is 2. The lowest BCUT2D eigenvalue weighted by Crippen LogP contribution is -2.41. The molecule has 0 fully saturated rings. The van der Waals surface area contributed by atoms with Crippen molar-refractivity contribution in [2.45, 2.75) is 39.2 Å². The van der Waals surface area contributed by atoms with Gasteiger partial charge in [0.2, 0.25) is 11.8 Å². The quantitative estimate of drug-likeness (QED) is 0.289. The van der Waals surface area contributed by atoms with Crippen LogP contribution in [0.2, 0.25) is 5.02 Å². The molecule has 39 heavy (non-hydrogen) atoms. The maximum atomic E-state index is 13.7. The predicted molar refractivity (Wildman–Crippen MR) is 141 cm³/mol. The number of nitrogens with one attached hydrogen (secondary N) is 1. The van der Waals surface area contributed by atoms with Crippen molar-refractivity contribution in [3.8, 4) is 11.3 Å². The number of likely N-dealkylation sites (N-methyl/N-ethyl adjacent to an activating group) is 1. The Morgan fingerprint density at radius 1 is 1.13 bits per heavy atom. The Labute approximate surface area is 230 Å². The first-order valence-corrected chi connectivity index (χ1v) is 12.0. The summed E-state index contributed by atoms with van der Waals surface area (Å²) < 4.78 is 42.1. The Morgan fingerprint density at radius 3 is 2.59 bits per heavy atom. The van der Waals surface area contributed by atoms with Crippen LogP contribution in [0.4, 0.5) is 19.5 Å².